The number of nitrogens with one attached hydrogen (secondary N) is 1. The van der Waals surface area contributed by atoms with Crippen LogP contribution in [0, 0.1) is 0 Å². The zero-order chi connectivity index (χ0) is 12.3. The van der Waals surface area contributed by atoms with Gasteiger partial charge in [0, 0.05) is 12.2 Å². The standard InChI is InChI=1S/C12H15NO4/c14-10-5-2-1-4-9(10)12(11(15)16)8-17-7-3-6-13-12/h1-2,4-5,13-14H,3,6-8H2,(H,15,16). The topological polar surface area (TPSA) is 78.8 Å². The van der Waals surface area contributed by atoms with Crippen molar-refractivity contribution in [1.29, 1.82) is 0 Å². The van der Waals surface area contributed by atoms with Crippen LogP contribution in [0.15, 0.2) is 24.3 Å². The van der Waals surface area contributed by atoms with E-state index in [1.54, 1.807) is 18.2 Å². The highest BCUT2D eigenvalue weighted by Gasteiger charge is 2.43. The maximum atomic E-state index is 11.5. The summed E-state index contributed by atoms with van der Waals surface area (Å²) in [5.41, 5.74) is -1.02. The minimum absolute atomic E-state index is 0.0138. The highest BCUT2D eigenvalue weighted by atomic mass is 16.5. The molecule has 1 aliphatic rings. The van der Waals surface area contributed by atoms with Gasteiger partial charge in [0.15, 0.2) is 5.54 Å². The number of hydrogen-bond acceptors (Lipinski definition) is 4. The van der Waals surface area contributed by atoms with Crippen LogP contribution in [-0.4, -0.2) is 35.9 Å². The molecule has 0 aliphatic carbocycles. The van der Waals surface area contributed by atoms with Crippen molar-refractivity contribution in [3.8, 4) is 5.75 Å². The molecule has 0 saturated carbocycles. The number of aromatic hydroxyl groups is 1. The van der Waals surface area contributed by atoms with Crippen molar-refractivity contribution in [2.75, 3.05) is 19.8 Å². The minimum Gasteiger partial charge on any atom is -0.508 e. The molecule has 1 unspecified atom stereocenters. The zero-order valence-corrected chi connectivity index (χ0v) is 9.35. The Kier molecular flexibility index (Phi) is 3.31. The van der Waals surface area contributed by atoms with Gasteiger partial charge in [-0.2, -0.15) is 0 Å². The third kappa shape index (κ3) is 2.11. The van der Waals surface area contributed by atoms with Crippen LogP contribution in [0.4, 0.5) is 0 Å². The molecule has 0 aromatic heterocycles. The Balaban J connectivity index is 2.46. The lowest BCUT2D eigenvalue weighted by molar-refractivity contribution is -0.147. The van der Waals surface area contributed by atoms with E-state index in [1.807, 2.05) is 0 Å². The first-order chi connectivity index (χ1) is 8.17. The first-order valence-electron chi connectivity index (χ1n) is 5.51. The third-order valence-corrected chi connectivity index (χ3v) is 2.94. The molecule has 17 heavy (non-hydrogen) atoms. The summed E-state index contributed by atoms with van der Waals surface area (Å²) in [5.74, 6) is -1.08. The predicted molar refractivity (Wildman–Crippen MR) is 60.9 cm³/mol. The molecule has 2 rings (SSSR count). The van der Waals surface area contributed by atoms with Gasteiger partial charge in [-0.25, -0.2) is 4.79 Å². The van der Waals surface area contributed by atoms with E-state index in [0.717, 1.165) is 6.42 Å². The molecule has 0 amide bonds. The summed E-state index contributed by atoms with van der Waals surface area (Å²) in [5, 5.41) is 22.2. The summed E-state index contributed by atoms with van der Waals surface area (Å²) < 4.78 is 5.33. The Labute approximate surface area is 99.0 Å². The minimum atomic E-state index is -1.36. The largest absolute Gasteiger partial charge is 0.508 e. The molecule has 0 radical (unpaired) electrons. The Morgan fingerprint density at radius 1 is 1.41 bits per heavy atom. The Hall–Kier alpha value is -1.59. The first kappa shape index (κ1) is 11.9. The van der Waals surface area contributed by atoms with E-state index in [9.17, 15) is 15.0 Å². The lowest BCUT2D eigenvalue weighted by Crippen LogP contribution is -2.51. The van der Waals surface area contributed by atoms with E-state index in [0.29, 0.717) is 18.7 Å². The lowest BCUT2D eigenvalue weighted by atomic mass is 9.90. The summed E-state index contributed by atoms with van der Waals surface area (Å²) >= 11 is 0. The van der Waals surface area contributed by atoms with Crippen LogP contribution in [0.3, 0.4) is 0 Å². The molecule has 1 atom stereocenters. The zero-order valence-electron chi connectivity index (χ0n) is 9.35. The lowest BCUT2D eigenvalue weighted by Gasteiger charge is -2.29. The number of carboxylic acid groups (broad SMARTS) is 1. The number of hydrogen-bond donors (Lipinski definition) is 3. The van der Waals surface area contributed by atoms with Gasteiger partial charge in [0.1, 0.15) is 5.75 Å². The number of aliphatic carboxylic acids is 1. The molecule has 1 aromatic carbocycles. The molecule has 1 fully saturated rings. The summed E-state index contributed by atoms with van der Waals surface area (Å²) in [6.45, 7) is 1.08. The van der Waals surface area contributed by atoms with Gasteiger partial charge in [-0.3, -0.25) is 5.32 Å². The molecule has 0 spiro atoms. The smallest absolute Gasteiger partial charge is 0.331 e. The number of benzene rings is 1. The van der Waals surface area contributed by atoms with E-state index < -0.39 is 11.5 Å². The maximum absolute atomic E-state index is 11.5. The van der Waals surface area contributed by atoms with Crippen molar-refractivity contribution in [3.63, 3.8) is 0 Å². The number of carboxylic acids is 1. The average Bonchev–Trinajstić information content (AvgIpc) is 2.56. The average molecular weight is 237 g/mol. The van der Waals surface area contributed by atoms with Crippen LogP contribution in [0.2, 0.25) is 0 Å². The van der Waals surface area contributed by atoms with Gasteiger partial charge in [0.05, 0.1) is 6.61 Å². The molecule has 0 bridgehead atoms. The number of ether oxygens (including phenoxy) is 1. The van der Waals surface area contributed by atoms with Gasteiger partial charge in [-0.15, -0.1) is 0 Å². The Morgan fingerprint density at radius 2 is 2.18 bits per heavy atom. The van der Waals surface area contributed by atoms with Crippen LogP contribution < -0.4 is 5.32 Å². The van der Waals surface area contributed by atoms with Gasteiger partial charge >= 0.3 is 5.97 Å². The molecule has 5 heteroatoms. The Morgan fingerprint density at radius 3 is 2.88 bits per heavy atom. The van der Waals surface area contributed by atoms with Gasteiger partial charge in [-0.05, 0) is 19.0 Å². The fourth-order valence-corrected chi connectivity index (χ4v) is 2.01. The summed E-state index contributed by atoms with van der Waals surface area (Å²) in [6, 6.07) is 6.44. The Bertz CT molecular complexity index is 411. The van der Waals surface area contributed by atoms with Crippen molar-refractivity contribution < 1.29 is 19.7 Å². The second-order valence-corrected chi connectivity index (χ2v) is 4.06. The summed E-state index contributed by atoms with van der Waals surface area (Å²) in [7, 11) is 0. The second kappa shape index (κ2) is 4.73. The fourth-order valence-electron chi connectivity index (χ4n) is 2.01. The van der Waals surface area contributed by atoms with Crippen molar-refractivity contribution >= 4 is 5.97 Å². The van der Waals surface area contributed by atoms with Crippen molar-refractivity contribution in [1.82, 2.24) is 5.32 Å². The number of carbonyl (C=O) groups is 1. The first-order valence-corrected chi connectivity index (χ1v) is 5.51. The predicted octanol–water partition coefficient (Wildman–Crippen LogP) is 0.682. The van der Waals surface area contributed by atoms with Crippen molar-refractivity contribution in [2.24, 2.45) is 0 Å². The van der Waals surface area contributed by atoms with Gasteiger partial charge in [0.25, 0.3) is 0 Å². The van der Waals surface area contributed by atoms with E-state index in [4.69, 9.17) is 4.74 Å². The second-order valence-electron chi connectivity index (χ2n) is 4.06. The molecule has 1 aromatic rings. The van der Waals surface area contributed by atoms with Crippen molar-refractivity contribution in [3.05, 3.63) is 29.8 Å². The number of para-hydroxylation sites is 1. The molecule has 1 heterocycles. The van der Waals surface area contributed by atoms with Gasteiger partial charge in [0.2, 0.25) is 0 Å². The number of rotatable bonds is 2. The number of phenolic OH excluding ortho intramolecular Hbond substituents is 1. The molecular formula is C12H15NO4. The third-order valence-electron chi connectivity index (χ3n) is 2.94. The molecule has 5 nitrogen and oxygen atoms in total. The van der Waals surface area contributed by atoms with Gasteiger partial charge < -0.3 is 14.9 Å². The molecule has 1 saturated heterocycles. The van der Waals surface area contributed by atoms with Crippen molar-refractivity contribution in [2.45, 2.75) is 12.0 Å². The van der Waals surface area contributed by atoms with Gasteiger partial charge in [-0.1, -0.05) is 18.2 Å². The molecule has 3 N–H and O–H groups in total. The quantitative estimate of drug-likeness (QED) is 0.705. The van der Waals surface area contributed by atoms with E-state index in [2.05, 4.69) is 5.32 Å². The summed E-state index contributed by atoms with van der Waals surface area (Å²) in [6.07, 6.45) is 0.753. The normalized spacial score (nSPS) is 25.2. The summed E-state index contributed by atoms with van der Waals surface area (Å²) in [4.78, 5) is 11.5. The molecular weight excluding hydrogens is 222 g/mol. The van der Waals surface area contributed by atoms with E-state index >= 15 is 0 Å². The van der Waals surface area contributed by atoms with E-state index in [1.165, 1.54) is 6.07 Å². The molecule has 1 aliphatic heterocycles. The highest BCUT2D eigenvalue weighted by molar-refractivity contribution is 5.82. The van der Waals surface area contributed by atoms with Crippen LogP contribution in [0.5, 0.6) is 5.75 Å². The SMILES string of the molecule is O=C(O)C1(c2ccccc2O)COCCCN1. The maximum Gasteiger partial charge on any atom is 0.331 e. The van der Waals surface area contributed by atoms with E-state index in [-0.39, 0.29) is 12.4 Å². The monoisotopic (exact) mass is 237 g/mol. The molecule has 92 valence electrons. The van der Waals surface area contributed by atoms with Crippen LogP contribution in [-0.2, 0) is 15.1 Å². The van der Waals surface area contributed by atoms with Crippen LogP contribution in [0.25, 0.3) is 0 Å². The number of phenols is 1. The fraction of sp³-hybridized carbons (Fsp3) is 0.417. The highest BCUT2D eigenvalue weighted by Crippen LogP contribution is 2.31. The van der Waals surface area contributed by atoms with Crippen LogP contribution >= 0.6 is 0 Å². The van der Waals surface area contributed by atoms with Crippen LogP contribution in [0.1, 0.15) is 12.0 Å².